The Labute approximate surface area is 125 Å². The lowest BCUT2D eigenvalue weighted by atomic mass is 10.00. The Morgan fingerprint density at radius 1 is 1.33 bits per heavy atom. The third-order valence-electron chi connectivity index (χ3n) is 4.70. The highest BCUT2D eigenvalue weighted by Crippen LogP contribution is 2.41. The van der Waals surface area contributed by atoms with Crippen LogP contribution in [-0.4, -0.2) is 39.8 Å². The predicted molar refractivity (Wildman–Crippen MR) is 81.5 cm³/mol. The van der Waals surface area contributed by atoms with Gasteiger partial charge in [-0.1, -0.05) is 0 Å². The van der Waals surface area contributed by atoms with Crippen LogP contribution in [0.3, 0.4) is 0 Å². The van der Waals surface area contributed by atoms with E-state index in [1.165, 1.54) is 13.1 Å². The van der Waals surface area contributed by atoms with Gasteiger partial charge < -0.3 is 15.7 Å². The van der Waals surface area contributed by atoms with Crippen molar-refractivity contribution in [2.75, 3.05) is 30.8 Å². The Morgan fingerprint density at radius 2 is 2.10 bits per heavy atom. The van der Waals surface area contributed by atoms with Gasteiger partial charge in [-0.15, -0.1) is 0 Å². The molecule has 21 heavy (non-hydrogen) atoms. The lowest BCUT2D eigenvalue weighted by molar-refractivity contribution is 0.133. The summed E-state index contributed by atoms with van der Waals surface area (Å²) in [5.74, 6) is 0.690. The van der Waals surface area contributed by atoms with E-state index in [2.05, 4.69) is 9.62 Å². The summed E-state index contributed by atoms with van der Waals surface area (Å²) in [6.07, 6.45) is 1.59. The number of rotatable bonds is 3. The van der Waals surface area contributed by atoms with Gasteiger partial charge >= 0.3 is 0 Å². The van der Waals surface area contributed by atoms with E-state index in [1.807, 2.05) is 0 Å². The van der Waals surface area contributed by atoms with Gasteiger partial charge in [0.15, 0.2) is 0 Å². The first-order chi connectivity index (χ1) is 9.92. The van der Waals surface area contributed by atoms with Gasteiger partial charge in [0.1, 0.15) is 4.90 Å². The highest BCUT2D eigenvalue weighted by atomic mass is 32.2. The molecule has 1 aromatic carbocycles. The molecule has 4 N–H and O–H groups in total. The fourth-order valence-corrected chi connectivity index (χ4v) is 4.53. The van der Waals surface area contributed by atoms with Crippen LogP contribution in [0.1, 0.15) is 12.8 Å². The predicted octanol–water partition coefficient (Wildman–Crippen LogP) is 0.384. The topological polar surface area (TPSA) is 95.7 Å². The van der Waals surface area contributed by atoms with Gasteiger partial charge in [-0.3, -0.25) is 0 Å². The molecule has 1 saturated carbocycles. The van der Waals surface area contributed by atoms with Gasteiger partial charge in [-0.2, -0.15) is 0 Å². The quantitative estimate of drug-likeness (QED) is 0.702. The summed E-state index contributed by atoms with van der Waals surface area (Å²) in [6.45, 7) is 1.49. The van der Waals surface area contributed by atoms with Crippen LogP contribution >= 0.6 is 0 Å². The van der Waals surface area contributed by atoms with E-state index in [4.69, 9.17) is 5.73 Å². The number of nitrogen functional groups attached to an aromatic ring is 1. The number of aliphatic hydroxyl groups excluding tert-OH is 1. The molecule has 3 unspecified atom stereocenters. The highest BCUT2D eigenvalue weighted by Gasteiger charge is 2.42. The number of nitrogens with one attached hydrogen (secondary N) is 1. The standard InChI is InChI=1S/C14H21N3O3S/c1-16-21(19,20)14-6-10(15)3-4-12(14)17-7-9-2-5-13(18)11(9)8-17/h3-4,6,9,11,13,16,18H,2,5,7-8,15H2,1H3. The van der Waals surface area contributed by atoms with E-state index >= 15 is 0 Å². The summed E-state index contributed by atoms with van der Waals surface area (Å²) in [5, 5.41) is 10.0. The fourth-order valence-electron chi connectivity index (χ4n) is 3.55. The minimum atomic E-state index is -3.56. The van der Waals surface area contributed by atoms with Crippen molar-refractivity contribution in [3.63, 3.8) is 0 Å². The summed E-state index contributed by atoms with van der Waals surface area (Å²) in [5.41, 5.74) is 6.83. The molecule has 3 atom stereocenters. The molecule has 1 aliphatic carbocycles. The van der Waals surface area contributed by atoms with Crippen molar-refractivity contribution in [2.45, 2.75) is 23.8 Å². The van der Waals surface area contributed by atoms with Crippen LogP contribution in [0.4, 0.5) is 11.4 Å². The second-order valence-electron chi connectivity index (χ2n) is 5.91. The third kappa shape index (κ3) is 2.49. The molecule has 7 heteroatoms. The van der Waals surface area contributed by atoms with Crippen molar-refractivity contribution in [1.82, 2.24) is 4.72 Å². The van der Waals surface area contributed by atoms with E-state index in [9.17, 15) is 13.5 Å². The fraction of sp³-hybridized carbons (Fsp3) is 0.571. The largest absolute Gasteiger partial charge is 0.399 e. The van der Waals surface area contributed by atoms with E-state index in [0.29, 0.717) is 23.8 Å². The average Bonchev–Trinajstić information content (AvgIpc) is 3.01. The first-order valence-electron chi connectivity index (χ1n) is 7.18. The number of nitrogens with zero attached hydrogens (tertiary/aromatic N) is 1. The molecule has 0 bridgehead atoms. The van der Waals surface area contributed by atoms with Crippen molar-refractivity contribution >= 4 is 21.4 Å². The summed E-state index contributed by atoms with van der Waals surface area (Å²) in [4.78, 5) is 2.26. The lowest BCUT2D eigenvalue weighted by Crippen LogP contribution is -2.28. The van der Waals surface area contributed by atoms with E-state index in [0.717, 1.165) is 19.4 Å². The molecular weight excluding hydrogens is 290 g/mol. The molecule has 6 nitrogen and oxygen atoms in total. The Balaban J connectivity index is 1.97. The lowest BCUT2D eigenvalue weighted by Gasteiger charge is -2.23. The van der Waals surface area contributed by atoms with Gasteiger partial charge in [0.2, 0.25) is 10.0 Å². The number of anilines is 2. The maximum atomic E-state index is 12.2. The number of benzene rings is 1. The maximum absolute atomic E-state index is 12.2. The molecule has 2 aliphatic rings. The number of aliphatic hydroxyl groups is 1. The Morgan fingerprint density at radius 3 is 2.76 bits per heavy atom. The van der Waals surface area contributed by atoms with E-state index in [1.54, 1.807) is 12.1 Å². The van der Waals surface area contributed by atoms with Crippen molar-refractivity contribution in [3.8, 4) is 0 Å². The molecule has 2 fully saturated rings. The Bertz CT molecular complexity index is 647. The summed E-state index contributed by atoms with van der Waals surface area (Å²) in [6, 6.07) is 4.97. The SMILES string of the molecule is CNS(=O)(=O)c1cc(N)ccc1N1CC2CCC(O)C2C1. The second kappa shape index (κ2) is 5.15. The van der Waals surface area contributed by atoms with Crippen LogP contribution in [0, 0.1) is 11.8 Å². The molecule has 0 spiro atoms. The van der Waals surface area contributed by atoms with E-state index < -0.39 is 10.0 Å². The van der Waals surface area contributed by atoms with Crippen LogP contribution in [-0.2, 0) is 10.0 Å². The zero-order valence-electron chi connectivity index (χ0n) is 12.0. The van der Waals surface area contributed by atoms with Gasteiger partial charge in [0, 0.05) is 24.7 Å². The Hall–Kier alpha value is -1.31. The van der Waals surface area contributed by atoms with Crippen molar-refractivity contribution in [3.05, 3.63) is 18.2 Å². The van der Waals surface area contributed by atoms with Crippen molar-refractivity contribution < 1.29 is 13.5 Å². The van der Waals surface area contributed by atoms with Gasteiger partial charge in [-0.25, -0.2) is 13.1 Å². The van der Waals surface area contributed by atoms with Crippen LogP contribution < -0.4 is 15.4 Å². The number of hydrogen-bond donors (Lipinski definition) is 3. The monoisotopic (exact) mass is 311 g/mol. The minimum absolute atomic E-state index is 0.208. The number of nitrogens with two attached hydrogens (primary N) is 1. The minimum Gasteiger partial charge on any atom is -0.399 e. The molecule has 1 aromatic rings. The van der Waals surface area contributed by atoms with E-state index in [-0.39, 0.29) is 16.9 Å². The van der Waals surface area contributed by atoms with Crippen LogP contribution in [0.5, 0.6) is 0 Å². The molecular formula is C14H21N3O3S. The maximum Gasteiger partial charge on any atom is 0.242 e. The molecule has 1 aliphatic heterocycles. The van der Waals surface area contributed by atoms with Crippen molar-refractivity contribution in [1.29, 1.82) is 0 Å². The molecule has 0 amide bonds. The van der Waals surface area contributed by atoms with Crippen LogP contribution in [0.15, 0.2) is 23.1 Å². The number of hydrogen-bond acceptors (Lipinski definition) is 5. The molecule has 116 valence electrons. The third-order valence-corrected chi connectivity index (χ3v) is 6.15. The number of sulfonamides is 1. The smallest absolute Gasteiger partial charge is 0.242 e. The summed E-state index contributed by atoms with van der Waals surface area (Å²) in [7, 11) is -2.17. The molecule has 0 aromatic heterocycles. The first-order valence-corrected chi connectivity index (χ1v) is 8.67. The average molecular weight is 311 g/mol. The summed E-state index contributed by atoms with van der Waals surface area (Å²) < 4.78 is 26.7. The van der Waals surface area contributed by atoms with Crippen molar-refractivity contribution in [2.24, 2.45) is 11.8 Å². The Kier molecular flexibility index (Phi) is 3.59. The summed E-state index contributed by atoms with van der Waals surface area (Å²) >= 11 is 0. The molecule has 1 heterocycles. The van der Waals surface area contributed by atoms with Gasteiger partial charge in [0.25, 0.3) is 0 Å². The van der Waals surface area contributed by atoms with Crippen LogP contribution in [0.2, 0.25) is 0 Å². The normalized spacial score (nSPS) is 28.9. The molecule has 3 rings (SSSR count). The molecule has 1 saturated heterocycles. The molecule has 0 radical (unpaired) electrons. The van der Waals surface area contributed by atoms with Gasteiger partial charge in [0.05, 0.1) is 11.8 Å². The van der Waals surface area contributed by atoms with Crippen LogP contribution in [0.25, 0.3) is 0 Å². The second-order valence-corrected chi connectivity index (χ2v) is 7.76. The number of fused-ring (bicyclic) bond motifs is 1. The highest BCUT2D eigenvalue weighted by molar-refractivity contribution is 7.89. The van der Waals surface area contributed by atoms with Gasteiger partial charge in [-0.05, 0) is 44.0 Å². The zero-order chi connectivity index (χ0) is 15.2. The first kappa shape index (κ1) is 14.6. The zero-order valence-corrected chi connectivity index (χ0v) is 12.8.